The molecule has 3 nitrogen and oxygen atoms in total. The molecule has 0 amide bonds. The number of halogens is 3. The number of aldehydes is 1. The topological polar surface area (TPSA) is 23.6 Å². The molecule has 1 saturated heterocycles. The lowest BCUT2D eigenvalue weighted by molar-refractivity contribution is -0.137. The summed E-state index contributed by atoms with van der Waals surface area (Å²) < 4.78 is 39.1. The third-order valence-corrected chi connectivity index (χ3v) is 3.75. The summed E-state index contributed by atoms with van der Waals surface area (Å²) in [6.07, 6.45) is -2.32. The molecule has 0 spiro atoms. The van der Waals surface area contributed by atoms with Crippen LogP contribution < -0.4 is 4.90 Å². The molecule has 0 aliphatic carbocycles. The number of rotatable bonds is 4. The summed E-state index contributed by atoms with van der Waals surface area (Å²) in [6.45, 7) is 1.55. The number of likely N-dealkylation sites (N-methyl/N-ethyl adjacent to an activating group) is 1. The van der Waals surface area contributed by atoms with E-state index < -0.39 is 11.7 Å². The molecule has 116 valence electrons. The van der Waals surface area contributed by atoms with Crippen LogP contribution in [0.2, 0.25) is 0 Å². The van der Waals surface area contributed by atoms with E-state index in [1.54, 1.807) is 6.07 Å². The van der Waals surface area contributed by atoms with E-state index in [4.69, 9.17) is 0 Å². The molecule has 0 aromatic heterocycles. The van der Waals surface area contributed by atoms with Gasteiger partial charge in [0.2, 0.25) is 0 Å². The van der Waals surface area contributed by atoms with Gasteiger partial charge in [-0.05, 0) is 45.1 Å². The molecule has 0 N–H and O–H groups in total. The lowest BCUT2D eigenvalue weighted by atomic mass is 10.1. The van der Waals surface area contributed by atoms with Crippen molar-refractivity contribution in [1.29, 1.82) is 0 Å². The Morgan fingerprint density at radius 2 is 2.10 bits per heavy atom. The molecule has 1 unspecified atom stereocenters. The number of hydrogen-bond donors (Lipinski definition) is 0. The Morgan fingerprint density at radius 1 is 1.38 bits per heavy atom. The molecule has 0 saturated carbocycles. The molecule has 1 aliphatic rings. The smallest absolute Gasteiger partial charge is 0.367 e. The molecule has 6 heteroatoms. The van der Waals surface area contributed by atoms with Crippen molar-refractivity contribution >= 4 is 12.0 Å². The standard InChI is InChI=1S/C15H19F3N2O/c1-19(2)9-13-4-3-7-20(13)12-6-5-11(10-21)14(8-12)15(16,17)18/h5-6,8,10,13H,3-4,7,9H2,1-2H3. The summed E-state index contributed by atoms with van der Waals surface area (Å²) in [5.41, 5.74) is -0.627. The van der Waals surface area contributed by atoms with Crippen LogP contribution in [0.1, 0.15) is 28.8 Å². The number of anilines is 1. The van der Waals surface area contributed by atoms with Crippen LogP contribution >= 0.6 is 0 Å². The van der Waals surface area contributed by atoms with Gasteiger partial charge in [0.25, 0.3) is 0 Å². The highest BCUT2D eigenvalue weighted by Crippen LogP contribution is 2.35. The van der Waals surface area contributed by atoms with Crippen molar-refractivity contribution in [2.75, 3.05) is 32.1 Å². The Bertz CT molecular complexity index is 514. The first-order chi connectivity index (χ1) is 9.82. The molecule has 1 heterocycles. The highest BCUT2D eigenvalue weighted by Gasteiger charge is 2.35. The number of benzene rings is 1. The van der Waals surface area contributed by atoms with E-state index >= 15 is 0 Å². The molecule has 0 bridgehead atoms. The van der Waals surface area contributed by atoms with Crippen molar-refractivity contribution in [2.24, 2.45) is 0 Å². The fourth-order valence-corrected chi connectivity index (χ4v) is 2.86. The first kappa shape index (κ1) is 15.8. The molecule has 21 heavy (non-hydrogen) atoms. The van der Waals surface area contributed by atoms with E-state index in [1.807, 2.05) is 23.9 Å². The van der Waals surface area contributed by atoms with E-state index in [-0.39, 0.29) is 17.9 Å². The summed E-state index contributed by atoms with van der Waals surface area (Å²) in [6, 6.07) is 4.17. The Balaban J connectivity index is 2.34. The van der Waals surface area contributed by atoms with Gasteiger partial charge in [-0.3, -0.25) is 4.79 Å². The van der Waals surface area contributed by atoms with Gasteiger partial charge in [-0.15, -0.1) is 0 Å². The average molecular weight is 300 g/mol. The van der Waals surface area contributed by atoms with Gasteiger partial charge >= 0.3 is 6.18 Å². The third kappa shape index (κ3) is 3.56. The third-order valence-electron chi connectivity index (χ3n) is 3.75. The largest absolute Gasteiger partial charge is 0.417 e. The van der Waals surface area contributed by atoms with Gasteiger partial charge in [0.05, 0.1) is 5.56 Å². The molecule has 1 fully saturated rings. The molecule has 1 aromatic rings. The second-order valence-electron chi connectivity index (χ2n) is 5.64. The summed E-state index contributed by atoms with van der Waals surface area (Å²) >= 11 is 0. The fraction of sp³-hybridized carbons (Fsp3) is 0.533. The summed E-state index contributed by atoms with van der Waals surface area (Å²) in [7, 11) is 3.90. The van der Waals surface area contributed by atoms with Crippen molar-refractivity contribution in [3.05, 3.63) is 29.3 Å². The van der Waals surface area contributed by atoms with Crippen LogP contribution in [0, 0.1) is 0 Å². The van der Waals surface area contributed by atoms with Crippen LogP contribution in [0.5, 0.6) is 0 Å². The molecule has 1 aliphatic heterocycles. The SMILES string of the molecule is CN(C)CC1CCCN1c1ccc(C=O)c(C(F)(F)F)c1. The minimum Gasteiger partial charge on any atom is -0.367 e. The van der Waals surface area contributed by atoms with Gasteiger partial charge in [-0.25, -0.2) is 0 Å². The molecule has 1 atom stereocenters. The number of hydrogen-bond acceptors (Lipinski definition) is 3. The molecular weight excluding hydrogens is 281 g/mol. The van der Waals surface area contributed by atoms with Gasteiger partial charge in [-0.1, -0.05) is 0 Å². The lowest BCUT2D eigenvalue weighted by Gasteiger charge is -2.29. The van der Waals surface area contributed by atoms with E-state index in [0.29, 0.717) is 5.69 Å². The Morgan fingerprint density at radius 3 is 2.67 bits per heavy atom. The maximum absolute atomic E-state index is 13.0. The second-order valence-corrected chi connectivity index (χ2v) is 5.64. The van der Waals surface area contributed by atoms with Crippen LogP contribution in [-0.2, 0) is 6.18 Å². The monoisotopic (exact) mass is 300 g/mol. The predicted octanol–water partition coefficient (Wildman–Crippen LogP) is 3.05. The van der Waals surface area contributed by atoms with Gasteiger partial charge in [-0.2, -0.15) is 13.2 Å². The lowest BCUT2D eigenvalue weighted by Crippen LogP contribution is -2.37. The fourth-order valence-electron chi connectivity index (χ4n) is 2.86. The van der Waals surface area contributed by atoms with Crippen LogP contribution in [0.25, 0.3) is 0 Å². The van der Waals surface area contributed by atoms with Crippen molar-refractivity contribution in [3.8, 4) is 0 Å². The number of carbonyl (C=O) groups is 1. The van der Waals surface area contributed by atoms with E-state index in [9.17, 15) is 18.0 Å². The maximum atomic E-state index is 13.0. The quantitative estimate of drug-likeness (QED) is 0.799. The average Bonchev–Trinajstić information content (AvgIpc) is 2.84. The summed E-state index contributed by atoms with van der Waals surface area (Å²) in [5.74, 6) is 0. The molecule has 0 radical (unpaired) electrons. The zero-order valence-corrected chi connectivity index (χ0v) is 12.2. The van der Waals surface area contributed by atoms with Gasteiger partial charge in [0.1, 0.15) is 0 Å². The summed E-state index contributed by atoms with van der Waals surface area (Å²) in [5, 5.41) is 0. The van der Waals surface area contributed by atoms with E-state index in [0.717, 1.165) is 32.0 Å². The highest BCUT2D eigenvalue weighted by molar-refractivity contribution is 5.79. The molecule has 2 rings (SSSR count). The maximum Gasteiger partial charge on any atom is 0.417 e. The Hall–Kier alpha value is -1.56. The predicted molar refractivity (Wildman–Crippen MR) is 75.8 cm³/mol. The van der Waals surface area contributed by atoms with Crippen LogP contribution in [0.15, 0.2) is 18.2 Å². The minimum atomic E-state index is -4.51. The molecule has 1 aromatic carbocycles. The zero-order valence-electron chi connectivity index (χ0n) is 12.2. The zero-order chi connectivity index (χ0) is 15.6. The first-order valence-electron chi connectivity index (χ1n) is 6.90. The number of carbonyl (C=O) groups excluding carboxylic acids is 1. The number of nitrogens with zero attached hydrogens (tertiary/aromatic N) is 2. The first-order valence-corrected chi connectivity index (χ1v) is 6.90. The van der Waals surface area contributed by atoms with Crippen LogP contribution in [-0.4, -0.2) is 44.4 Å². The van der Waals surface area contributed by atoms with Gasteiger partial charge in [0, 0.05) is 30.4 Å². The van der Waals surface area contributed by atoms with E-state index in [1.165, 1.54) is 6.07 Å². The van der Waals surface area contributed by atoms with Gasteiger partial charge in [0.15, 0.2) is 6.29 Å². The second kappa shape index (κ2) is 6.05. The van der Waals surface area contributed by atoms with Crippen molar-refractivity contribution in [2.45, 2.75) is 25.1 Å². The van der Waals surface area contributed by atoms with Crippen LogP contribution in [0.4, 0.5) is 18.9 Å². The normalized spacial score (nSPS) is 19.3. The highest BCUT2D eigenvalue weighted by atomic mass is 19.4. The Kier molecular flexibility index (Phi) is 4.56. The van der Waals surface area contributed by atoms with Crippen molar-refractivity contribution < 1.29 is 18.0 Å². The number of alkyl halides is 3. The van der Waals surface area contributed by atoms with Crippen molar-refractivity contribution in [1.82, 2.24) is 4.90 Å². The summed E-state index contributed by atoms with van der Waals surface area (Å²) in [4.78, 5) is 14.8. The Labute approximate surface area is 122 Å². The van der Waals surface area contributed by atoms with E-state index in [2.05, 4.69) is 0 Å². The van der Waals surface area contributed by atoms with Gasteiger partial charge < -0.3 is 9.80 Å². The molecular formula is C15H19F3N2O. The van der Waals surface area contributed by atoms with Crippen molar-refractivity contribution in [3.63, 3.8) is 0 Å². The van der Waals surface area contributed by atoms with Crippen LogP contribution in [0.3, 0.4) is 0 Å². The minimum absolute atomic E-state index is 0.211.